The average Bonchev–Trinajstić information content (AvgIpc) is 2.47. The normalized spacial score (nSPS) is 28.0. The summed E-state index contributed by atoms with van der Waals surface area (Å²) in [6.07, 6.45) is 3.97. The second-order valence-corrected chi connectivity index (χ2v) is 7.01. The van der Waals surface area contributed by atoms with Gasteiger partial charge in [0.2, 0.25) is 0 Å². The van der Waals surface area contributed by atoms with Crippen LogP contribution in [0.15, 0.2) is 29.2 Å². The molecule has 1 saturated carbocycles. The summed E-state index contributed by atoms with van der Waals surface area (Å²) in [5.41, 5.74) is 6.13. The van der Waals surface area contributed by atoms with Crippen molar-refractivity contribution in [2.24, 2.45) is 11.7 Å². The van der Waals surface area contributed by atoms with E-state index in [9.17, 15) is 14.3 Å². The Balaban J connectivity index is 2.15. The van der Waals surface area contributed by atoms with Crippen molar-refractivity contribution < 1.29 is 9.13 Å². The molecule has 5 nitrogen and oxygen atoms in total. The third kappa shape index (κ3) is 3.24. The van der Waals surface area contributed by atoms with Crippen LogP contribution in [-0.4, -0.2) is 20.4 Å². The fourth-order valence-corrected chi connectivity index (χ4v) is 4.38. The van der Waals surface area contributed by atoms with E-state index in [1.165, 1.54) is 12.1 Å². The van der Waals surface area contributed by atoms with E-state index in [-0.39, 0.29) is 17.0 Å². The van der Waals surface area contributed by atoms with Gasteiger partial charge in [-0.25, -0.2) is 0 Å². The lowest BCUT2D eigenvalue weighted by atomic mass is 9.84. The van der Waals surface area contributed by atoms with Gasteiger partial charge in [0, 0.05) is 23.1 Å². The average molecular weight is 296 g/mol. The number of nitro groups is 1. The number of rotatable bonds is 4. The van der Waals surface area contributed by atoms with Crippen molar-refractivity contribution in [3.8, 4) is 0 Å². The van der Waals surface area contributed by atoms with E-state index in [4.69, 9.17) is 5.73 Å². The molecule has 0 heterocycles. The van der Waals surface area contributed by atoms with Gasteiger partial charge in [0.1, 0.15) is 0 Å². The monoisotopic (exact) mass is 296 g/mol. The van der Waals surface area contributed by atoms with Gasteiger partial charge in [-0.15, -0.1) is 0 Å². The van der Waals surface area contributed by atoms with Gasteiger partial charge in [-0.3, -0.25) is 14.3 Å². The zero-order valence-corrected chi connectivity index (χ0v) is 12.3. The number of nitrogens with zero attached hydrogens (tertiary/aromatic N) is 1. The minimum atomic E-state index is -1.19. The van der Waals surface area contributed by atoms with Gasteiger partial charge in [-0.1, -0.05) is 13.3 Å². The van der Waals surface area contributed by atoms with Gasteiger partial charge in [-0.2, -0.15) is 0 Å². The number of nitrogens with two attached hydrogens (primary N) is 1. The highest BCUT2D eigenvalue weighted by molar-refractivity contribution is 7.85. The standard InChI is InChI=1S/C14H20N2O3S/c1-2-10-3-8-13(15)14(9-10)20(19)12-6-4-11(5-7-12)16(17)18/h4-7,10,13-14H,2-3,8-9,15H2,1H3. The van der Waals surface area contributed by atoms with Crippen LogP contribution < -0.4 is 5.73 Å². The van der Waals surface area contributed by atoms with E-state index in [2.05, 4.69) is 6.92 Å². The third-order valence-corrected chi connectivity index (χ3v) is 5.91. The molecule has 0 aromatic heterocycles. The summed E-state index contributed by atoms with van der Waals surface area (Å²) in [7, 11) is -1.19. The first-order chi connectivity index (χ1) is 9.52. The zero-order valence-electron chi connectivity index (χ0n) is 11.5. The molecule has 0 spiro atoms. The van der Waals surface area contributed by atoms with Crippen LogP contribution >= 0.6 is 0 Å². The van der Waals surface area contributed by atoms with Gasteiger partial charge >= 0.3 is 0 Å². The molecule has 0 bridgehead atoms. The Morgan fingerprint density at radius 1 is 1.35 bits per heavy atom. The summed E-state index contributed by atoms with van der Waals surface area (Å²) in [5, 5.41) is 10.6. The highest BCUT2D eigenvalue weighted by Gasteiger charge is 2.32. The molecular weight excluding hydrogens is 276 g/mol. The summed E-state index contributed by atoms with van der Waals surface area (Å²) in [5.74, 6) is 0.585. The summed E-state index contributed by atoms with van der Waals surface area (Å²) in [6, 6.07) is 5.92. The van der Waals surface area contributed by atoms with Crippen molar-refractivity contribution in [1.82, 2.24) is 0 Å². The zero-order chi connectivity index (χ0) is 14.7. The maximum absolute atomic E-state index is 12.6. The molecule has 0 radical (unpaired) electrons. The van der Waals surface area contributed by atoms with E-state index in [1.807, 2.05) is 0 Å². The van der Waals surface area contributed by atoms with Crippen LogP contribution in [0.3, 0.4) is 0 Å². The fraction of sp³-hybridized carbons (Fsp3) is 0.571. The van der Waals surface area contributed by atoms with Crippen LogP contribution in [0.5, 0.6) is 0 Å². The van der Waals surface area contributed by atoms with Crippen LogP contribution in [0.4, 0.5) is 5.69 Å². The third-order valence-electron chi connectivity index (χ3n) is 4.08. The Kier molecular flexibility index (Phi) is 4.88. The first-order valence-corrected chi connectivity index (χ1v) is 8.14. The smallest absolute Gasteiger partial charge is 0.269 e. The van der Waals surface area contributed by atoms with Crippen LogP contribution in [0.25, 0.3) is 0 Å². The van der Waals surface area contributed by atoms with Gasteiger partial charge in [0.15, 0.2) is 0 Å². The molecule has 2 N–H and O–H groups in total. The molecule has 1 aromatic carbocycles. The minimum Gasteiger partial charge on any atom is -0.327 e. The molecule has 1 fully saturated rings. The first kappa shape index (κ1) is 15.1. The van der Waals surface area contributed by atoms with Crippen molar-refractivity contribution in [3.63, 3.8) is 0 Å². The molecular formula is C14H20N2O3S. The van der Waals surface area contributed by atoms with Crippen molar-refractivity contribution in [1.29, 1.82) is 0 Å². The summed E-state index contributed by atoms with van der Waals surface area (Å²) < 4.78 is 12.6. The number of hydrogen-bond acceptors (Lipinski definition) is 4. The van der Waals surface area contributed by atoms with E-state index < -0.39 is 15.7 Å². The largest absolute Gasteiger partial charge is 0.327 e. The molecule has 1 aliphatic rings. The Hall–Kier alpha value is -1.27. The van der Waals surface area contributed by atoms with Gasteiger partial charge < -0.3 is 5.73 Å². The molecule has 4 unspecified atom stereocenters. The van der Waals surface area contributed by atoms with Crippen LogP contribution in [0.1, 0.15) is 32.6 Å². The first-order valence-electron chi connectivity index (χ1n) is 6.93. The molecule has 4 atom stereocenters. The van der Waals surface area contributed by atoms with Gasteiger partial charge in [-0.05, 0) is 37.3 Å². The van der Waals surface area contributed by atoms with Crippen LogP contribution in [0.2, 0.25) is 0 Å². The maximum Gasteiger partial charge on any atom is 0.269 e. The number of nitro benzene ring substituents is 1. The Morgan fingerprint density at radius 2 is 2.00 bits per heavy atom. The lowest BCUT2D eigenvalue weighted by Gasteiger charge is -2.33. The quantitative estimate of drug-likeness (QED) is 0.683. The molecule has 6 heteroatoms. The van der Waals surface area contributed by atoms with E-state index in [1.54, 1.807) is 12.1 Å². The summed E-state index contributed by atoms with van der Waals surface area (Å²) in [4.78, 5) is 10.8. The van der Waals surface area contributed by atoms with E-state index >= 15 is 0 Å². The van der Waals surface area contributed by atoms with Crippen molar-refractivity contribution in [2.45, 2.75) is 48.8 Å². The predicted octanol–water partition coefficient (Wildman–Crippen LogP) is 2.61. The topological polar surface area (TPSA) is 86.2 Å². The maximum atomic E-state index is 12.6. The highest BCUT2D eigenvalue weighted by atomic mass is 32.2. The Bertz CT molecular complexity index is 504. The fourth-order valence-electron chi connectivity index (χ4n) is 2.73. The number of non-ortho nitro benzene ring substituents is 1. The van der Waals surface area contributed by atoms with Crippen LogP contribution in [0, 0.1) is 16.0 Å². The molecule has 0 aliphatic heterocycles. The molecule has 1 aliphatic carbocycles. The summed E-state index contributed by atoms with van der Waals surface area (Å²) >= 11 is 0. The lowest BCUT2D eigenvalue weighted by Crippen LogP contribution is -2.42. The van der Waals surface area contributed by atoms with Crippen molar-refractivity contribution >= 4 is 16.5 Å². The minimum absolute atomic E-state index is 0.0186. The SMILES string of the molecule is CCC1CCC(N)C(S(=O)c2ccc([N+](=O)[O-])cc2)C1. The number of benzene rings is 1. The lowest BCUT2D eigenvalue weighted by molar-refractivity contribution is -0.384. The number of hydrogen-bond donors (Lipinski definition) is 1. The van der Waals surface area contributed by atoms with E-state index in [0.717, 1.165) is 25.7 Å². The van der Waals surface area contributed by atoms with Gasteiger partial charge in [0.05, 0.1) is 21.0 Å². The highest BCUT2D eigenvalue weighted by Crippen LogP contribution is 2.31. The van der Waals surface area contributed by atoms with Crippen molar-refractivity contribution in [2.75, 3.05) is 0 Å². The molecule has 20 heavy (non-hydrogen) atoms. The Labute approximate surface area is 121 Å². The molecule has 0 saturated heterocycles. The van der Waals surface area contributed by atoms with Crippen LogP contribution in [-0.2, 0) is 10.8 Å². The second kappa shape index (κ2) is 6.45. The molecule has 1 aromatic rings. The molecule has 2 rings (SSSR count). The summed E-state index contributed by atoms with van der Waals surface area (Å²) in [6.45, 7) is 2.15. The second-order valence-electron chi connectivity index (χ2n) is 5.34. The molecule has 0 amide bonds. The van der Waals surface area contributed by atoms with E-state index in [0.29, 0.717) is 10.8 Å². The van der Waals surface area contributed by atoms with Crippen molar-refractivity contribution in [3.05, 3.63) is 34.4 Å². The van der Waals surface area contributed by atoms with Gasteiger partial charge in [0.25, 0.3) is 5.69 Å². The Morgan fingerprint density at radius 3 is 2.55 bits per heavy atom. The molecule has 110 valence electrons. The predicted molar refractivity (Wildman–Crippen MR) is 78.9 cm³/mol.